The van der Waals surface area contributed by atoms with Crippen molar-refractivity contribution in [2.24, 2.45) is 0 Å². The molecule has 7 heteroatoms. The van der Waals surface area contributed by atoms with Gasteiger partial charge in [-0.2, -0.15) is 0 Å². The number of rotatable bonds is 7. The third-order valence-electron chi connectivity index (χ3n) is 4.98. The third kappa shape index (κ3) is 4.78. The third-order valence-corrected chi connectivity index (χ3v) is 4.98. The molecule has 31 heavy (non-hydrogen) atoms. The van der Waals surface area contributed by atoms with Crippen LogP contribution >= 0.6 is 0 Å². The highest BCUT2D eigenvalue weighted by Crippen LogP contribution is 2.13. The molecule has 0 fully saturated rings. The lowest BCUT2D eigenvalue weighted by atomic mass is 10.0. The van der Waals surface area contributed by atoms with Gasteiger partial charge >= 0.3 is 5.69 Å². The number of pyridine rings is 1. The molecule has 0 aliphatic heterocycles. The molecule has 0 saturated carbocycles. The van der Waals surface area contributed by atoms with Gasteiger partial charge in [0.1, 0.15) is 0 Å². The Morgan fingerprint density at radius 3 is 2.55 bits per heavy atom. The van der Waals surface area contributed by atoms with Crippen LogP contribution in [0.5, 0.6) is 0 Å². The van der Waals surface area contributed by atoms with Crippen molar-refractivity contribution in [3.05, 3.63) is 100 Å². The quantitative estimate of drug-likeness (QED) is 0.470. The zero-order valence-corrected chi connectivity index (χ0v) is 17.1. The van der Waals surface area contributed by atoms with Gasteiger partial charge in [0.25, 0.3) is 0 Å². The molecular formula is C24H22N4O3. The highest BCUT2D eigenvalue weighted by Gasteiger charge is 2.11. The minimum absolute atomic E-state index is 0.0601. The van der Waals surface area contributed by atoms with Gasteiger partial charge in [0.15, 0.2) is 11.4 Å². The van der Waals surface area contributed by atoms with Crippen molar-refractivity contribution in [2.75, 3.05) is 5.32 Å². The number of ketones is 1. The van der Waals surface area contributed by atoms with Crippen LogP contribution in [0.1, 0.15) is 34.3 Å². The van der Waals surface area contributed by atoms with E-state index in [1.807, 2.05) is 37.3 Å². The molecule has 4 rings (SSSR count). The molecule has 0 spiro atoms. The Morgan fingerprint density at radius 1 is 0.968 bits per heavy atom. The van der Waals surface area contributed by atoms with Gasteiger partial charge in [-0.15, -0.1) is 5.10 Å². The van der Waals surface area contributed by atoms with E-state index in [0.29, 0.717) is 16.9 Å². The number of hydrogen-bond donors (Lipinski definition) is 1. The van der Waals surface area contributed by atoms with Crippen LogP contribution in [0.15, 0.2) is 77.7 Å². The fourth-order valence-corrected chi connectivity index (χ4v) is 3.33. The summed E-state index contributed by atoms with van der Waals surface area (Å²) >= 11 is 0. The molecule has 0 radical (unpaired) electrons. The monoisotopic (exact) mass is 414 g/mol. The van der Waals surface area contributed by atoms with E-state index in [2.05, 4.69) is 10.4 Å². The largest absolute Gasteiger partial charge is 0.350 e. The molecule has 2 heterocycles. The van der Waals surface area contributed by atoms with E-state index in [1.165, 1.54) is 9.08 Å². The number of benzene rings is 2. The first-order valence-corrected chi connectivity index (χ1v) is 10.0. The highest BCUT2D eigenvalue weighted by atomic mass is 16.2. The van der Waals surface area contributed by atoms with Crippen LogP contribution in [0.25, 0.3) is 5.65 Å². The Balaban J connectivity index is 1.38. The van der Waals surface area contributed by atoms with Gasteiger partial charge in [-0.3, -0.25) is 14.0 Å². The second kappa shape index (κ2) is 8.79. The van der Waals surface area contributed by atoms with Crippen LogP contribution in [-0.4, -0.2) is 25.9 Å². The number of anilines is 1. The molecule has 0 atom stereocenters. The molecule has 2 aromatic carbocycles. The summed E-state index contributed by atoms with van der Waals surface area (Å²) in [6, 6.07) is 19.9. The molecule has 1 amide bonds. The van der Waals surface area contributed by atoms with Crippen LogP contribution < -0.4 is 11.0 Å². The molecular weight excluding hydrogens is 392 g/mol. The standard InChI is InChI=1S/C24H22N4O3/c1-17-8-10-19(11-9-17)21(29)12-13-23(30)25-20-6-4-5-18(15-20)16-28-24(31)27-14-3-2-7-22(27)26-28/h2-11,14-15H,12-13,16H2,1H3,(H,25,30). The molecule has 7 nitrogen and oxygen atoms in total. The van der Waals surface area contributed by atoms with Crippen LogP contribution in [0.2, 0.25) is 0 Å². The van der Waals surface area contributed by atoms with Gasteiger partial charge < -0.3 is 5.32 Å². The van der Waals surface area contributed by atoms with Gasteiger partial charge in [0, 0.05) is 30.3 Å². The van der Waals surface area contributed by atoms with Crippen LogP contribution in [0, 0.1) is 6.92 Å². The number of aromatic nitrogens is 3. The average molecular weight is 414 g/mol. The zero-order chi connectivity index (χ0) is 21.8. The van der Waals surface area contributed by atoms with Crippen LogP contribution in [-0.2, 0) is 11.3 Å². The Hall–Kier alpha value is -4.00. The summed E-state index contributed by atoms with van der Waals surface area (Å²) < 4.78 is 2.87. The number of fused-ring (bicyclic) bond motifs is 1. The number of amides is 1. The lowest BCUT2D eigenvalue weighted by molar-refractivity contribution is -0.116. The van der Waals surface area contributed by atoms with E-state index in [9.17, 15) is 14.4 Å². The number of carbonyl (C=O) groups is 2. The van der Waals surface area contributed by atoms with Crippen molar-refractivity contribution in [1.82, 2.24) is 14.2 Å². The van der Waals surface area contributed by atoms with E-state index in [0.717, 1.165) is 11.1 Å². The van der Waals surface area contributed by atoms with E-state index in [-0.39, 0.29) is 36.8 Å². The molecule has 0 saturated heterocycles. The number of nitrogens with zero attached hydrogens (tertiary/aromatic N) is 3. The minimum Gasteiger partial charge on any atom is -0.326 e. The molecule has 4 aromatic rings. The summed E-state index contributed by atoms with van der Waals surface area (Å²) in [4.78, 5) is 37.0. The van der Waals surface area contributed by atoms with Crippen molar-refractivity contribution < 1.29 is 9.59 Å². The Morgan fingerprint density at radius 2 is 1.77 bits per heavy atom. The van der Waals surface area contributed by atoms with Gasteiger partial charge in [-0.25, -0.2) is 9.48 Å². The summed E-state index contributed by atoms with van der Waals surface area (Å²) in [6.07, 6.45) is 1.92. The molecule has 0 aliphatic rings. The van der Waals surface area contributed by atoms with Crippen molar-refractivity contribution in [3.8, 4) is 0 Å². The predicted molar refractivity (Wildman–Crippen MR) is 118 cm³/mol. The molecule has 2 aromatic heterocycles. The first kappa shape index (κ1) is 20.3. The fraction of sp³-hybridized carbons (Fsp3) is 0.167. The lowest BCUT2D eigenvalue weighted by Crippen LogP contribution is -2.21. The SMILES string of the molecule is Cc1ccc(C(=O)CCC(=O)Nc2cccc(Cn3nc4ccccn4c3=O)c2)cc1. The summed E-state index contributed by atoms with van der Waals surface area (Å²) in [7, 11) is 0. The normalized spacial score (nSPS) is 10.9. The summed E-state index contributed by atoms with van der Waals surface area (Å²) in [5.74, 6) is -0.294. The van der Waals surface area contributed by atoms with Crippen molar-refractivity contribution in [1.29, 1.82) is 0 Å². The maximum Gasteiger partial charge on any atom is 0.350 e. The maximum absolute atomic E-state index is 12.4. The first-order valence-electron chi connectivity index (χ1n) is 10.0. The number of nitrogens with one attached hydrogen (secondary N) is 1. The molecule has 0 bridgehead atoms. The molecule has 0 aliphatic carbocycles. The molecule has 0 unspecified atom stereocenters. The first-order chi connectivity index (χ1) is 15.0. The maximum atomic E-state index is 12.4. The van der Waals surface area contributed by atoms with E-state index >= 15 is 0 Å². The van der Waals surface area contributed by atoms with E-state index in [1.54, 1.807) is 42.6 Å². The number of hydrogen-bond acceptors (Lipinski definition) is 4. The van der Waals surface area contributed by atoms with Crippen molar-refractivity contribution in [2.45, 2.75) is 26.3 Å². The lowest BCUT2D eigenvalue weighted by Gasteiger charge is -2.07. The van der Waals surface area contributed by atoms with Gasteiger partial charge in [0.2, 0.25) is 5.91 Å². The predicted octanol–water partition coefficient (Wildman–Crippen LogP) is 3.45. The molecule has 1 N–H and O–H groups in total. The van der Waals surface area contributed by atoms with Crippen molar-refractivity contribution in [3.63, 3.8) is 0 Å². The number of carbonyl (C=O) groups excluding carboxylic acids is 2. The summed E-state index contributed by atoms with van der Waals surface area (Å²) in [5, 5.41) is 7.14. The Kier molecular flexibility index (Phi) is 5.75. The van der Waals surface area contributed by atoms with E-state index in [4.69, 9.17) is 0 Å². The second-order valence-corrected chi connectivity index (χ2v) is 7.41. The highest BCUT2D eigenvalue weighted by molar-refractivity contribution is 6.00. The van der Waals surface area contributed by atoms with Gasteiger partial charge in [-0.1, -0.05) is 48.0 Å². The number of Topliss-reactive ketones (excluding diaryl/α,β-unsaturated/α-hetero) is 1. The minimum atomic E-state index is -0.234. The Bertz CT molecular complexity index is 1300. The average Bonchev–Trinajstić information content (AvgIpc) is 3.08. The Labute approximate surface area is 179 Å². The van der Waals surface area contributed by atoms with Crippen LogP contribution in [0.3, 0.4) is 0 Å². The fourth-order valence-electron chi connectivity index (χ4n) is 3.33. The van der Waals surface area contributed by atoms with Gasteiger partial charge in [-0.05, 0) is 36.8 Å². The van der Waals surface area contributed by atoms with Crippen LogP contribution in [0.4, 0.5) is 5.69 Å². The summed E-state index contributed by atoms with van der Waals surface area (Å²) in [6.45, 7) is 2.25. The smallest absolute Gasteiger partial charge is 0.326 e. The second-order valence-electron chi connectivity index (χ2n) is 7.41. The molecule has 156 valence electrons. The van der Waals surface area contributed by atoms with Gasteiger partial charge in [0.05, 0.1) is 6.54 Å². The topological polar surface area (TPSA) is 85.5 Å². The van der Waals surface area contributed by atoms with E-state index < -0.39 is 0 Å². The zero-order valence-electron chi connectivity index (χ0n) is 17.1. The summed E-state index contributed by atoms with van der Waals surface area (Å²) in [5.41, 5.74) is 3.49. The van der Waals surface area contributed by atoms with Crippen molar-refractivity contribution >= 4 is 23.0 Å². The number of aryl methyl sites for hydroxylation is 1.